The van der Waals surface area contributed by atoms with Crippen LogP contribution in [0.4, 0.5) is 0 Å². The van der Waals surface area contributed by atoms with Crippen LogP contribution < -0.4 is 5.32 Å². The molecule has 1 atom stereocenters. The van der Waals surface area contributed by atoms with Gasteiger partial charge < -0.3 is 5.32 Å². The Hall–Kier alpha value is -2.09. The van der Waals surface area contributed by atoms with E-state index in [4.69, 9.17) is 0 Å². The molecule has 0 aliphatic carbocycles. The molecule has 116 valence electrons. The van der Waals surface area contributed by atoms with Crippen LogP contribution >= 0.6 is 0 Å². The lowest BCUT2D eigenvalue weighted by atomic mass is 9.96. The molecule has 1 amide bonds. The lowest BCUT2D eigenvalue weighted by Gasteiger charge is -2.19. The van der Waals surface area contributed by atoms with Gasteiger partial charge in [0.25, 0.3) is 5.91 Å². The summed E-state index contributed by atoms with van der Waals surface area (Å²) in [5, 5.41) is 3.11. The maximum absolute atomic E-state index is 12.4. The van der Waals surface area contributed by atoms with Crippen molar-refractivity contribution < 1.29 is 4.79 Å². The number of hydrogen-bond donors (Lipinski definition) is 1. The van der Waals surface area contributed by atoms with Gasteiger partial charge in [-0.05, 0) is 87.1 Å². The van der Waals surface area contributed by atoms with E-state index in [9.17, 15) is 4.79 Å². The minimum Gasteiger partial charge on any atom is -0.346 e. The third-order valence-corrected chi connectivity index (χ3v) is 4.47. The summed E-state index contributed by atoms with van der Waals surface area (Å²) in [6.45, 7) is 12.4. The average molecular weight is 295 g/mol. The fourth-order valence-corrected chi connectivity index (χ4v) is 2.69. The molecule has 0 unspecified atom stereocenters. The Bertz CT molecular complexity index is 716. The highest BCUT2D eigenvalue weighted by molar-refractivity contribution is 5.94. The molecule has 0 aromatic heterocycles. The molecule has 2 heteroatoms. The Morgan fingerprint density at radius 3 is 2.05 bits per heavy atom. The van der Waals surface area contributed by atoms with E-state index in [-0.39, 0.29) is 11.9 Å². The first-order valence-electron chi connectivity index (χ1n) is 7.75. The monoisotopic (exact) mass is 295 g/mol. The SMILES string of the molecule is Cc1ccc(C(=O)N[C@@H](C)c2cc(C)c(C)cc2C)cc1C. The zero-order valence-corrected chi connectivity index (χ0v) is 14.4. The Morgan fingerprint density at radius 1 is 0.818 bits per heavy atom. The van der Waals surface area contributed by atoms with E-state index in [0.29, 0.717) is 0 Å². The maximum Gasteiger partial charge on any atom is 0.251 e. The molecule has 0 heterocycles. The van der Waals surface area contributed by atoms with Gasteiger partial charge in [0.1, 0.15) is 0 Å². The van der Waals surface area contributed by atoms with E-state index in [1.54, 1.807) is 0 Å². The number of benzene rings is 2. The molecule has 22 heavy (non-hydrogen) atoms. The number of hydrogen-bond acceptors (Lipinski definition) is 1. The number of amides is 1. The summed E-state index contributed by atoms with van der Waals surface area (Å²) >= 11 is 0. The van der Waals surface area contributed by atoms with Crippen LogP contribution in [0.25, 0.3) is 0 Å². The van der Waals surface area contributed by atoms with Crippen molar-refractivity contribution in [2.24, 2.45) is 0 Å². The van der Waals surface area contributed by atoms with Crippen molar-refractivity contribution in [2.75, 3.05) is 0 Å². The first kappa shape index (κ1) is 16.3. The van der Waals surface area contributed by atoms with Gasteiger partial charge in [-0.25, -0.2) is 0 Å². The van der Waals surface area contributed by atoms with Crippen molar-refractivity contribution in [3.8, 4) is 0 Å². The summed E-state index contributed by atoms with van der Waals surface area (Å²) in [6.07, 6.45) is 0. The van der Waals surface area contributed by atoms with Crippen LogP contribution in [-0.2, 0) is 0 Å². The van der Waals surface area contributed by atoms with E-state index in [2.05, 4.69) is 45.1 Å². The molecule has 0 saturated carbocycles. The van der Waals surface area contributed by atoms with E-state index < -0.39 is 0 Å². The third-order valence-electron chi connectivity index (χ3n) is 4.47. The van der Waals surface area contributed by atoms with Crippen LogP contribution in [0.2, 0.25) is 0 Å². The summed E-state index contributed by atoms with van der Waals surface area (Å²) in [5.41, 5.74) is 8.01. The number of nitrogens with one attached hydrogen (secondary N) is 1. The second-order valence-electron chi connectivity index (χ2n) is 6.29. The molecular formula is C20H25NO. The van der Waals surface area contributed by atoms with Crippen molar-refractivity contribution in [3.63, 3.8) is 0 Å². The molecule has 2 aromatic rings. The molecule has 0 aliphatic rings. The average Bonchev–Trinajstić information content (AvgIpc) is 2.45. The predicted octanol–water partition coefficient (Wildman–Crippen LogP) is 4.72. The predicted molar refractivity (Wildman–Crippen MR) is 92.5 cm³/mol. The molecule has 0 bridgehead atoms. The van der Waals surface area contributed by atoms with Crippen molar-refractivity contribution >= 4 is 5.91 Å². The topological polar surface area (TPSA) is 29.1 Å². The minimum absolute atomic E-state index is 0.00610. The van der Waals surface area contributed by atoms with Gasteiger partial charge in [0.2, 0.25) is 0 Å². The molecule has 1 N–H and O–H groups in total. The van der Waals surface area contributed by atoms with Crippen LogP contribution in [0, 0.1) is 34.6 Å². The maximum atomic E-state index is 12.4. The highest BCUT2D eigenvalue weighted by atomic mass is 16.1. The van der Waals surface area contributed by atoms with Crippen LogP contribution in [0.5, 0.6) is 0 Å². The van der Waals surface area contributed by atoms with Crippen molar-refractivity contribution in [3.05, 3.63) is 69.3 Å². The second-order valence-corrected chi connectivity index (χ2v) is 6.29. The van der Waals surface area contributed by atoms with Crippen LogP contribution in [0.3, 0.4) is 0 Å². The van der Waals surface area contributed by atoms with Crippen LogP contribution in [-0.4, -0.2) is 5.91 Å². The fourth-order valence-electron chi connectivity index (χ4n) is 2.69. The summed E-state index contributed by atoms with van der Waals surface area (Å²) in [7, 11) is 0. The smallest absolute Gasteiger partial charge is 0.251 e. The molecule has 0 radical (unpaired) electrons. The van der Waals surface area contributed by atoms with E-state index >= 15 is 0 Å². The Balaban J connectivity index is 2.21. The number of rotatable bonds is 3. The molecule has 2 aromatic carbocycles. The van der Waals surface area contributed by atoms with Gasteiger partial charge in [0.05, 0.1) is 6.04 Å². The standard InChI is InChI=1S/C20H25NO/c1-12-7-8-18(10-14(12)3)20(22)21-17(6)19-11-15(4)13(2)9-16(19)5/h7-11,17H,1-6H3,(H,21,22)/t17-/m0/s1. The zero-order valence-electron chi connectivity index (χ0n) is 14.4. The molecule has 0 saturated heterocycles. The minimum atomic E-state index is -0.0202. The van der Waals surface area contributed by atoms with Gasteiger partial charge in [0.15, 0.2) is 0 Å². The van der Waals surface area contributed by atoms with E-state index in [1.165, 1.54) is 27.8 Å². The zero-order chi connectivity index (χ0) is 16.4. The summed E-state index contributed by atoms with van der Waals surface area (Å²) in [4.78, 5) is 12.4. The Kier molecular flexibility index (Phi) is 4.70. The van der Waals surface area contributed by atoms with Gasteiger partial charge in [-0.1, -0.05) is 18.2 Å². The van der Waals surface area contributed by atoms with Crippen molar-refractivity contribution in [2.45, 2.75) is 47.6 Å². The first-order valence-corrected chi connectivity index (χ1v) is 7.75. The molecule has 0 fully saturated rings. The third kappa shape index (κ3) is 3.38. The van der Waals surface area contributed by atoms with E-state index in [1.807, 2.05) is 32.0 Å². The molecule has 2 nitrogen and oxygen atoms in total. The summed E-state index contributed by atoms with van der Waals surface area (Å²) in [5.74, 6) is -0.0202. The second kappa shape index (κ2) is 6.35. The van der Waals surface area contributed by atoms with Crippen LogP contribution in [0.1, 0.15) is 56.7 Å². The summed E-state index contributed by atoms with van der Waals surface area (Å²) in [6, 6.07) is 10.2. The number of carbonyl (C=O) groups is 1. The van der Waals surface area contributed by atoms with Crippen molar-refractivity contribution in [1.29, 1.82) is 0 Å². The fraction of sp³-hybridized carbons (Fsp3) is 0.350. The molecule has 2 rings (SSSR count). The summed E-state index contributed by atoms with van der Waals surface area (Å²) < 4.78 is 0. The van der Waals surface area contributed by atoms with Gasteiger partial charge in [0, 0.05) is 5.56 Å². The largest absolute Gasteiger partial charge is 0.346 e. The molecule has 0 spiro atoms. The normalized spacial score (nSPS) is 12.1. The van der Waals surface area contributed by atoms with E-state index in [0.717, 1.165) is 11.1 Å². The van der Waals surface area contributed by atoms with Gasteiger partial charge in [-0.2, -0.15) is 0 Å². The van der Waals surface area contributed by atoms with Crippen molar-refractivity contribution in [1.82, 2.24) is 5.32 Å². The number of aryl methyl sites for hydroxylation is 5. The number of carbonyl (C=O) groups excluding carboxylic acids is 1. The lowest BCUT2D eigenvalue weighted by Crippen LogP contribution is -2.27. The molecular weight excluding hydrogens is 270 g/mol. The van der Waals surface area contributed by atoms with Gasteiger partial charge in [-0.3, -0.25) is 4.79 Å². The quantitative estimate of drug-likeness (QED) is 0.872. The Labute approximate surface area is 133 Å². The van der Waals surface area contributed by atoms with Crippen LogP contribution in [0.15, 0.2) is 30.3 Å². The first-order chi connectivity index (χ1) is 10.3. The molecule has 0 aliphatic heterocycles. The highest BCUT2D eigenvalue weighted by Gasteiger charge is 2.14. The lowest BCUT2D eigenvalue weighted by molar-refractivity contribution is 0.0939. The highest BCUT2D eigenvalue weighted by Crippen LogP contribution is 2.22. The Morgan fingerprint density at radius 2 is 1.41 bits per heavy atom. The van der Waals surface area contributed by atoms with Gasteiger partial charge >= 0.3 is 0 Å². The van der Waals surface area contributed by atoms with Gasteiger partial charge in [-0.15, -0.1) is 0 Å².